The van der Waals surface area contributed by atoms with E-state index < -0.39 is 77.5 Å². The minimum Gasteiger partial charge on any atom is -0.457 e. The van der Waals surface area contributed by atoms with Crippen molar-refractivity contribution in [2.75, 3.05) is 45.8 Å². The highest BCUT2D eigenvalue weighted by Gasteiger charge is 2.48. The molecule has 0 bridgehead atoms. The quantitative estimate of drug-likeness (QED) is 0.0141. The molecule has 2 aliphatic heterocycles. The van der Waals surface area contributed by atoms with E-state index in [0.29, 0.717) is 0 Å². The van der Waals surface area contributed by atoms with Crippen molar-refractivity contribution in [1.82, 2.24) is 45.5 Å². The molecule has 4 heterocycles. The summed E-state index contributed by atoms with van der Waals surface area (Å²) in [7, 11) is 0. The molecule has 2 unspecified atom stereocenters. The first-order valence-corrected chi connectivity index (χ1v) is 45.0. The number of ether oxygens (including phenoxy) is 4. The molecule has 0 saturated carbocycles. The molecule has 2 atom stereocenters. The summed E-state index contributed by atoms with van der Waals surface area (Å²) in [4.78, 5) is 168. The Morgan fingerprint density at radius 1 is 0.316 bits per heavy atom. The molecule has 0 aliphatic carbocycles. The highest BCUT2D eigenvalue weighted by atomic mass is 35.5. The SMILES string of the molecule is C=C(Cl)C(=O)CCCN(CCNC(=O)C(=C)Cl)C(=O)C(Cc1ccccn1)N1C(=O)c2cc(Oc3ccc(-c4ccccc4)cc3)c3c4c(Oc5ccc(-c6ccccc6)cc5)cc5c6c(cc(Oc7ccc(-c8ccccc8)cc7)c(c7c(Oc8ccc(-c9ccccc9)cc8)cc(c2c37)C1=O)c64)C(=O)N(C(Cc1ccccn1)C(=O)N(CCNC(=O)C(=C)Cl)CCNC(=O)C(=C)Cl)C5=O. The molecule has 9 amide bonds. The Morgan fingerprint density at radius 2 is 0.574 bits per heavy atom. The van der Waals surface area contributed by atoms with Crippen LogP contribution in [-0.2, 0) is 41.6 Å². The van der Waals surface area contributed by atoms with Gasteiger partial charge in [0.15, 0.2) is 5.78 Å². The molecule has 2 aromatic heterocycles. The first kappa shape index (κ1) is 92.0. The summed E-state index contributed by atoms with van der Waals surface area (Å²) in [6.07, 6.45) is 2.03. The summed E-state index contributed by atoms with van der Waals surface area (Å²) in [5, 5.41) is 7.36. The van der Waals surface area contributed by atoms with Crippen LogP contribution in [0.2, 0.25) is 0 Å². The van der Waals surface area contributed by atoms with Gasteiger partial charge >= 0.3 is 0 Å². The lowest BCUT2D eigenvalue weighted by atomic mass is 9.80. The van der Waals surface area contributed by atoms with Crippen LogP contribution in [-0.4, -0.2) is 146 Å². The summed E-state index contributed by atoms with van der Waals surface area (Å²) in [5.41, 5.74) is 6.46. The van der Waals surface area contributed by atoms with Crippen molar-refractivity contribution in [3.8, 4) is 90.5 Å². The van der Waals surface area contributed by atoms with E-state index in [0.717, 1.165) is 54.3 Å². The molecule has 0 radical (unpaired) electrons. The Kier molecular flexibility index (Phi) is 27.5. The van der Waals surface area contributed by atoms with E-state index in [1.165, 1.54) is 46.5 Å². The van der Waals surface area contributed by atoms with E-state index in [1.54, 1.807) is 84.9 Å². The predicted molar refractivity (Wildman–Crippen MR) is 526 cm³/mol. The summed E-state index contributed by atoms with van der Waals surface area (Å²) in [6, 6.07) is 79.6. The van der Waals surface area contributed by atoms with Crippen LogP contribution < -0.4 is 34.9 Å². The van der Waals surface area contributed by atoms with Crippen molar-refractivity contribution >= 4 is 148 Å². The van der Waals surface area contributed by atoms with Crippen LogP contribution in [0.25, 0.3) is 87.6 Å². The van der Waals surface area contributed by atoms with Crippen LogP contribution >= 0.6 is 46.4 Å². The Morgan fingerprint density at radius 3 is 0.824 bits per heavy atom. The summed E-state index contributed by atoms with van der Waals surface area (Å²) in [5.74, 6) is -7.95. The number of allylic oxidation sites excluding steroid dienone is 1. The molecule has 136 heavy (non-hydrogen) atoms. The van der Waals surface area contributed by atoms with Gasteiger partial charge in [0.05, 0.1) is 42.4 Å². The van der Waals surface area contributed by atoms with Crippen LogP contribution in [0.4, 0.5) is 0 Å². The Labute approximate surface area is 801 Å². The summed E-state index contributed by atoms with van der Waals surface area (Å²) < 4.78 is 30.0. The molecule has 0 saturated heterocycles. The number of pyridine rings is 2. The molecule has 0 fully saturated rings. The minimum absolute atomic E-state index is 0.00182. The van der Waals surface area contributed by atoms with Gasteiger partial charge in [0.2, 0.25) is 11.8 Å². The van der Waals surface area contributed by atoms with Gasteiger partial charge in [0.25, 0.3) is 41.4 Å². The van der Waals surface area contributed by atoms with Crippen molar-refractivity contribution in [2.24, 2.45) is 0 Å². The lowest BCUT2D eigenvalue weighted by molar-refractivity contribution is -0.136. The number of benzene rings is 13. The lowest BCUT2D eigenvalue weighted by Gasteiger charge is -2.37. The van der Waals surface area contributed by atoms with Crippen LogP contribution in [0.3, 0.4) is 0 Å². The maximum atomic E-state index is 17.3. The third kappa shape index (κ3) is 19.5. The molecule has 27 heteroatoms. The van der Waals surface area contributed by atoms with Crippen LogP contribution in [0.15, 0.2) is 338 Å². The van der Waals surface area contributed by atoms with Crippen molar-refractivity contribution in [2.45, 2.75) is 37.8 Å². The Bertz CT molecular complexity index is 6480. The topological polar surface area (TPSA) is 282 Å². The number of carbonyl (C=O) groups excluding carboxylic acids is 10. The predicted octanol–water partition coefficient (Wildman–Crippen LogP) is 21.1. The van der Waals surface area contributed by atoms with E-state index in [4.69, 9.17) is 65.4 Å². The molecular formula is C109H83Cl4N9O14. The number of nitrogens with one attached hydrogen (secondary N) is 3. The fourth-order valence-electron chi connectivity index (χ4n) is 17.2. The lowest BCUT2D eigenvalue weighted by Crippen LogP contribution is -2.57. The number of hydrogen-bond donors (Lipinski definition) is 3. The average molecular weight is 1880 g/mol. The number of hydrogen-bond acceptors (Lipinski definition) is 16. The summed E-state index contributed by atoms with van der Waals surface area (Å²) in [6.45, 7) is 12.6. The Balaban J connectivity index is 0.982. The van der Waals surface area contributed by atoms with Gasteiger partial charge in [-0.25, -0.2) is 0 Å². The number of imide groups is 2. The van der Waals surface area contributed by atoms with Gasteiger partial charge in [-0.1, -0.05) is 255 Å². The fraction of sp³-hybridized carbons (Fsp3) is 0.119. The Hall–Kier alpha value is -15.9. The molecule has 23 nitrogen and oxygen atoms in total. The number of Topliss-reactive ketones (excluding diaryl/α,β-unsaturated/α-hetero) is 1. The van der Waals surface area contributed by atoms with Gasteiger partial charge in [0.1, 0.15) is 58.1 Å². The molecular weight excluding hydrogens is 1800 g/mol. The fourth-order valence-corrected chi connectivity index (χ4v) is 17.5. The van der Waals surface area contributed by atoms with E-state index >= 15 is 28.8 Å². The second kappa shape index (κ2) is 40.7. The third-order valence-electron chi connectivity index (χ3n) is 23.7. The molecule has 17 rings (SSSR count). The highest BCUT2D eigenvalue weighted by Crippen LogP contribution is 2.59. The van der Waals surface area contributed by atoms with Crippen LogP contribution in [0.1, 0.15) is 65.7 Å². The smallest absolute Gasteiger partial charge is 0.262 e. The van der Waals surface area contributed by atoms with Gasteiger partial charge in [-0.15, -0.1) is 0 Å². The number of ketones is 1. The van der Waals surface area contributed by atoms with Gasteiger partial charge in [-0.2, -0.15) is 0 Å². The number of amides is 9. The maximum absolute atomic E-state index is 17.3. The van der Waals surface area contributed by atoms with Crippen LogP contribution in [0, 0.1) is 0 Å². The molecule has 2 aliphatic rings. The average Bonchev–Trinajstić information content (AvgIpc) is 0.668. The molecule has 676 valence electrons. The van der Waals surface area contributed by atoms with Crippen molar-refractivity contribution < 1.29 is 66.9 Å². The minimum atomic E-state index is -1.79. The second-order valence-electron chi connectivity index (χ2n) is 32.3. The van der Waals surface area contributed by atoms with Crippen molar-refractivity contribution in [3.63, 3.8) is 0 Å². The van der Waals surface area contributed by atoms with E-state index in [2.05, 4.69) is 52.2 Å². The highest BCUT2D eigenvalue weighted by molar-refractivity contribution is 6.46. The number of rotatable bonds is 37. The van der Waals surface area contributed by atoms with Crippen molar-refractivity contribution in [1.29, 1.82) is 0 Å². The second-order valence-corrected chi connectivity index (χ2v) is 34.1. The standard InChI is InChI=1S/C109H83Cl4N9O14/c1-64(110)88(123)32-21-54-119(55-51-116-101(124)65(2)111)108(131)86(58-76-30-17-19-49-114-76)121-104(127)82-60-89(133-78-41-33-72(34-42-78)68-22-9-5-10-23-68)95-97-91(135-80-45-37-74(38-46-80)70-26-13-7-14-27-70)62-84-94-85(107(130)122(106(84)129)87(59-77-31-18-20-50-115-77)109(132)120(56-52-117-102(125)66(3)112)57-53-118-103(126)67(4)113)63-92(136-81-47-39-75(40-48-81)71-28-15-8-16-29-71)98(100(94)97)96-90(61-83(105(121)128)93(82)99(95)96)134-79-43-35-73(36-44-79)69-24-11-6-12-25-69/h5-20,22-31,33-50,60-63,86-87H,1-4,21,32,51-59H2,(H,116,124)(H,117,125)(H,118,126). The molecule has 13 aromatic carbocycles. The van der Waals surface area contributed by atoms with Gasteiger partial charge in [0, 0.05) is 132 Å². The van der Waals surface area contributed by atoms with E-state index in [1.807, 2.05) is 170 Å². The zero-order chi connectivity index (χ0) is 95.0. The molecule has 3 N–H and O–H groups in total. The number of fused-ring (bicyclic) bond motifs is 2. The third-order valence-corrected chi connectivity index (χ3v) is 24.4. The van der Waals surface area contributed by atoms with E-state index in [-0.39, 0.29) is 208 Å². The number of carbonyl (C=O) groups is 10. The van der Waals surface area contributed by atoms with Gasteiger partial charge in [-0.3, -0.25) is 67.7 Å². The number of aromatic nitrogens is 2. The first-order chi connectivity index (χ1) is 65.9. The van der Waals surface area contributed by atoms with Gasteiger partial charge in [-0.05, 0) is 148 Å². The zero-order valence-corrected chi connectivity index (χ0v) is 75.9. The van der Waals surface area contributed by atoms with Crippen LogP contribution in [0.5, 0.6) is 46.0 Å². The summed E-state index contributed by atoms with van der Waals surface area (Å²) >= 11 is 24.4. The van der Waals surface area contributed by atoms with E-state index in [9.17, 15) is 19.2 Å². The monoisotopic (exact) mass is 1880 g/mol. The van der Waals surface area contributed by atoms with Gasteiger partial charge < -0.3 is 44.7 Å². The molecule has 15 aromatic rings. The number of halogens is 4. The maximum Gasteiger partial charge on any atom is 0.262 e. The molecule has 0 spiro atoms. The zero-order valence-electron chi connectivity index (χ0n) is 72.9. The normalized spacial score (nSPS) is 12.6. The van der Waals surface area contributed by atoms with Crippen molar-refractivity contribution in [3.05, 3.63) is 372 Å². The number of nitrogens with zero attached hydrogens (tertiary/aromatic N) is 6. The largest absolute Gasteiger partial charge is 0.457 e. The first-order valence-electron chi connectivity index (χ1n) is 43.5.